The van der Waals surface area contributed by atoms with Crippen molar-refractivity contribution in [1.29, 1.82) is 0 Å². The summed E-state index contributed by atoms with van der Waals surface area (Å²) < 4.78 is 1.13. The molecule has 0 aliphatic carbocycles. The second-order valence-electron chi connectivity index (χ2n) is 1.60. The molecule has 5 nitrogen and oxygen atoms in total. The fourth-order valence-corrected chi connectivity index (χ4v) is 0.683. The fraction of sp³-hybridized carbons (Fsp3) is 0.667. The second-order valence-corrected chi connectivity index (χ2v) is 1.98. The molecule has 0 amide bonds. The van der Waals surface area contributed by atoms with E-state index < -0.39 is 6.10 Å². The summed E-state index contributed by atoms with van der Waals surface area (Å²) in [4.78, 5) is 0. The smallest absolute Gasteiger partial charge is 0.191 e. The first-order chi connectivity index (χ1) is 4.22. The fourth-order valence-electron chi connectivity index (χ4n) is 0.440. The average Bonchev–Trinajstić information content (AvgIpc) is 2.13. The molecular formula is C3H6N4OS. The van der Waals surface area contributed by atoms with E-state index in [0.717, 1.165) is 4.09 Å². The Balaban J connectivity index is 2.94. The zero-order chi connectivity index (χ0) is 6.85. The maximum atomic E-state index is 8.88. The van der Waals surface area contributed by atoms with Crippen LogP contribution in [0.5, 0.6) is 0 Å². The highest BCUT2D eigenvalue weighted by atomic mass is 32.1. The van der Waals surface area contributed by atoms with Crippen LogP contribution in [-0.4, -0.2) is 24.7 Å². The van der Waals surface area contributed by atoms with Crippen molar-refractivity contribution in [1.82, 2.24) is 19.6 Å². The maximum absolute atomic E-state index is 8.88. The van der Waals surface area contributed by atoms with Crippen molar-refractivity contribution in [2.45, 2.75) is 13.0 Å². The van der Waals surface area contributed by atoms with E-state index >= 15 is 0 Å². The van der Waals surface area contributed by atoms with E-state index in [2.05, 4.69) is 28.3 Å². The first-order valence-electron chi connectivity index (χ1n) is 2.37. The van der Waals surface area contributed by atoms with Gasteiger partial charge in [0.1, 0.15) is 6.10 Å². The summed E-state index contributed by atoms with van der Waals surface area (Å²) in [5.41, 5.74) is 0. The molecule has 1 heterocycles. The van der Waals surface area contributed by atoms with Crippen molar-refractivity contribution in [2.75, 3.05) is 0 Å². The van der Waals surface area contributed by atoms with E-state index in [1.807, 2.05) is 0 Å². The Labute approximate surface area is 57.2 Å². The highest BCUT2D eigenvalue weighted by molar-refractivity contribution is 7.78. The Hall–Kier alpha value is -0.620. The largest absolute Gasteiger partial charge is 0.385 e. The van der Waals surface area contributed by atoms with E-state index in [1.54, 1.807) is 6.92 Å². The molecule has 6 heteroatoms. The zero-order valence-electron chi connectivity index (χ0n) is 4.76. The van der Waals surface area contributed by atoms with Crippen molar-refractivity contribution in [3.8, 4) is 0 Å². The van der Waals surface area contributed by atoms with Gasteiger partial charge in [-0.05, 0) is 30.2 Å². The van der Waals surface area contributed by atoms with Crippen LogP contribution in [0.25, 0.3) is 0 Å². The van der Waals surface area contributed by atoms with Gasteiger partial charge in [0.2, 0.25) is 0 Å². The van der Waals surface area contributed by atoms with Gasteiger partial charge in [-0.3, -0.25) is 0 Å². The zero-order valence-corrected chi connectivity index (χ0v) is 5.66. The number of aromatic nitrogens is 4. The molecule has 0 saturated heterocycles. The number of aliphatic hydroxyl groups is 1. The van der Waals surface area contributed by atoms with Crippen LogP contribution in [0.3, 0.4) is 0 Å². The molecule has 0 aromatic carbocycles. The monoisotopic (exact) mass is 146 g/mol. The molecule has 1 unspecified atom stereocenters. The van der Waals surface area contributed by atoms with Crippen molar-refractivity contribution in [2.24, 2.45) is 0 Å². The molecule has 0 fully saturated rings. The number of thiol groups is 1. The van der Waals surface area contributed by atoms with Crippen LogP contribution >= 0.6 is 12.8 Å². The molecule has 0 bridgehead atoms. The molecule has 0 radical (unpaired) electrons. The Bertz CT molecular complexity index is 197. The van der Waals surface area contributed by atoms with E-state index in [0.29, 0.717) is 5.82 Å². The summed E-state index contributed by atoms with van der Waals surface area (Å²) in [7, 11) is 0. The summed E-state index contributed by atoms with van der Waals surface area (Å²) in [6, 6.07) is 0. The van der Waals surface area contributed by atoms with Crippen LogP contribution in [0, 0.1) is 0 Å². The lowest BCUT2D eigenvalue weighted by atomic mass is 10.4. The van der Waals surface area contributed by atoms with Gasteiger partial charge in [0.15, 0.2) is 5.82 Å². The van der Waals surface area contributed by atoms with Crippen LogP contribution in [0.1, 0.15) is 18.9 Å². The summed E-state index contributed by atoms with van der Waals surface area (Å²) in [5.74, 6) is 0.346. The highest BCUT2D eigenvalue weighted by Gasteiger charge is 2.07. The minimum atomic E-state index is -0.669. The Morgan fingerprint density at radius 3 is 2.67 bits per heavy atom. The lowest BCUT2D eigenvalue weighted by Gasteiger charge is -1.96. The lowest BCUT2D eigenvalue weighted by Crippen LogP contribution is -1.98. The number of aliphatic hydroxyl groups excluding tert-OH is 1. The third-order valence-corrected chi connectivity index (χ3v) is 1.14. The predicted octanol–water partition coefficient (Wildman–Crippen LogP) is -0.581. The van der Waals surface area contributed by atoms with Crippen LogP contribution in [0.4, 0.5) is 0 Å². The number of rotatable bonds is 1. The van der Waals surface area contributed by atoms with Crippen molar-refractivity contribution in [3.63, 3.8) is 0 Å². The third kappa shape index (κ3) is 1.19. The first kappa shape index (κ1) is 6.50. The predicted molar refractivity (Wildman–Crippen MR) is 32.8 cm³/mol. The molecule has 1 rings (SSSR count). The molecule has 1 atom stereocenters. The lowest BCUT2D eigenvalue weighted by molar-refractivity contribution is 0.188. The molecule has 9 heavy (non-hydrogen) atoms. The number of tetrazole rings is 1. The van der Waals surface area contributed by atoms with Gasteiger partial charge in [0, 0.05) is 0 Å². The topological polar surface area (TPSA) is 63.8 Å². The summed E-state index contributed by atoms with van der Waals surface area (Å²) in [6.45, 7) is 1.57. The Kier molecular flexibility index (Phi) is 1.68. The van der Waals surface area contributed by atoms with Gasteiger partial charge < -0.3 is 5.11 Å². The van der Waals surface area contributed by atoms with Gasteiger partial charge >= 0.3 is 0 Å². The highest BCUT2D eigenvalue weighted by Crippen LogP contribution is 2.05. The minimum Gasteiger partial charge on any atom is -0.385 e. The average molecular weight is 146 g/mol. The summed E-state index contributed by atoms with van der Waals surface area (Å²) in [6.07, 6.45) is -0.669. The van der Waals surface area contributed by atoms with Gasteiger partial charge in [-0.25, -0.2) is 0 Å². The van der Waals surface area contributed by atoms with Gasteiger partial charge in [0.05, 0.1) is 0 Å². The second kappa shape index (κ2) is 2.32. The van der Waals surface area contributed by atoms with E-state index in [-0.39, 0.29) is 0 Å². The van der Waals surface area contributed by atoms with Crippen molar-refractivity contribution >= 4 is 12.8 Å². The van der Waals surface area contributed by atoms with Gasteiger partial charge in [-0.15, -0.1) is 5.10 Å². The number of nitrogens with zero attached hydrogens (tertiary/aromatic N) is 4. The molecule has 0 aliphatic heterocycles. The molecule has 1 aromatic rings. The molecular weight excluding hydrogens is 140 g/mol. The van der Waals surface area contributed by atoms with Crippen LogP contribution < -0.4 is 0 Å². The quantitative estimate of drug-likeness (QED) is 0.520. The molecule has 0 aliphatic rings. The molecule has 50 valence electrons. The van der Waals surface area contributed by atoms with Crippen LogP contribution in [-0.2, 0) is 0 Å². The van der Waals surface area contributed by atoms with Crippen molar-refractivity contribution in [3.05, 3.63) is 5.82 Å². The summed E-state index contributed by atoms with van der Waals surface area (Å²) in [5, 5.41) is 19.0. The number of hydrogen-bond donors (Lipinski definition) is 2. The van der Waals surface area contributed by atoms with Crippen molar-refractivity contribution < 1.29 is 5.11 Å². The van der Waals surface area contributed by atoms with E-state index in [4.69, 9.17) is 5.11 Å². The first-order valence-corrected chi connectivity index (χ1v) is 2.77. The normalized spacial score (nSPS) is 13.7. The third-order valence-electron chi connectivity index (χ3n) is 0.850. The Morgan fingerprint density at radius 2 is 2.44 bits per heavy atom. The van der Waals surface area contributed by atoms with Gasteiger partial charge in [-0.2, -0.15) is 4.09 Å². The van der Waals surface area contributed by atoms with Crippen LogP contribution in [0.2, 0.25) is 0 Å². The molecule has 0 spiro atoms. The van der Waals surface area contributed by atoms with E-state index in [1.165, 1.54) is 0 Å². The maximum Gasteiger partial charge on any atom is 0.191 e. The molecule has 1 N–H and O–H groups in total. The van der Waals surface area contributed by atoms with Gasteiger partial charge in [0.25, 0.3) is 0 Å². The Morgan fingerprint density at radius 1 is 1.78 bits per heavy atom. The van der Waals surface area contributed by atoms with Gasteiger partial charge in [-0.1, -0.05) is 0 Å². The molecule has 1 aromatic heterocycles. The van der Waals surface area contributed by atoms with E-state index in [9.17, 15) is 0 Å². The molecule has 0 saturated carbocycles. The SMILES string of the molecule is CC(O)c1nnnn1S. The number of hydrogen-bond acceptors (Lipinski definition) is 5. The standard InChI is InChI=1S/C3H6N4OS/c1-2(8)3-4-5-6-7(3)9/h2,8-9H,1H3. The minimum absolute atomic E-state index is 0.346. The summed E-state index contributed by atoms with van der Waals surface area (Å²) >= 11 is 3.81. The van der Waals surface area contributed by atoms with Crippen LogP contribution in [0.15, 0.2) is 0 Å².